The van der Waals surface area contributed by atoms with Crippen molar-refractivity contribution in [2.75, 3.05) is 12.3 Å². The fraction of sp³-hybridized carbons (Fsp3) is 0.308. The molecule has 0 aliphatic rings. The number of benzene rings is 1. The van der Waals surface area contributed by atoms with E-state index in [1.165, 1.54) is 0 Å². The van der Waals surface area contributed by atoms with E-state index in [0.717, 1.165) is 17.4 Å². The zero-order chi connectivity index (χ0) is 13.1. The largest absolute Gasteiger partial charge is 0.396 e. The summed E-state index contributed by atoms with van der Waals surface area (Å²) in [5.41, 5.74) is 8.35. The molecule has 0 aliphatic carbocycles. The van der Waals surface area contributed by atoms with Crippen molar-refractivity contribution in [2.45, 2.75) is 20.3 Å². The summed E-state index contributed by atoms with van der Waals surface area (Å²) in [4.78, 5) is 11.8. The molecule has 18 heavy (non-hydrogen) atoms. The van der Waals surface area contributed by atoms with Crippen molar-refractivity contribution in [3.63, 3.8) is 0 Å². The number of nitrogens with two attached hydrogens (primary N) is 1. The van der Waals surface area contributed by atoms with Gasteiger partial charge >= 0.3 is 0 Å². The van der Waals surface area contributed by atoms with Crippen molar-refractivity contribution in [2.24, 2.45) is 0 Å². The first-order chi connectivity index (χ1) is 8.63. The van der Waals surface area contributed by atoms with Gasteiger partial charge in [-0.2, -0.15) is 0 Å². The summed E-state index contributed by atoms with van der Waals surface area (Å²) in [6, 6.07) is 5.70. The van der Waals surface area contributed by atoms with Crippen molar-refractivity contribution in [3.8, 4) is 0 Å². The van der Waals surface area contributed by atoms with E-state index < -0.39 is 0 Å². The standard InChI is InChI=1S/C13H16N4O/c1-3-6-15-13(18)12-11(14)9-5-4-8(2)7-10(9)16-17-12/h4-5,7H,3,6H2,1-2H3,(H2,14,16)(H,15,18). The average Bonchev–Trinajstić information content (AvgIpc) is 2.36. The molecule has 1 heterocycles. The monoisotopic (exact) mass is 244 g/mol. The molecule has 0 saturated carbocycles. The van der Waals surface area contributed by atoms with Crippen LogP contribution in [0, 0.1) is 6.92 Å². The highest BCUT2D eigenvalue weighted by molar-refractivity contribution is 6.04. The number of aromatic nitrogens is 2. The topological polar surface area (TPSA) is 80.9 Å². The zero-order valence-corrected chi connectivity index (χ0v) is 10.5. The van der Waals surface area contributed by atoms with Crippen LogP contribution in [-0.4, -0.2) is 22.6 Å². The number of hydrogen-bond donors (Lipinski definition) is 2. The quantitative estimate of drug-likeness (QED) is 0.860. The van der Waals surface area contributed by atoms with Gasteiger partial charge < -0.3 is 11.1 Å². The van der Waals surface area contributed by atoms with E-state index in [1.807, 2.05) is 32.0 Å². The van der Waals surface area contributed by atoms with Crippen LogP contribution in [-0.2, 0) is 0 Å². The third-order valence-corrected chi connectivity index (χ3v) is 2.71. The maximum Gasteiger partial charge on any atom is 0.273 e. The van der Waals surface area contributed by atoms with Gasteiger partial charge in [0.05, 0.1) is 11.2 Å². The van der Waals surface area contributed by atoms with Gasteiger partial charge in [-0.1, -0.05) is 19.1 Å². The van der Waals surface area contributed by atoms with E-state index >= 15 is 0 Å². The minimum absolute atomic E-state index is 0.194. The average molecular weight is 244 g/mol. The number of nitrogen functional groups attached to an aromatic ring is 1. The van der Waals surface area contributed by atoms with Crippen molar-refractivity contribution >= 4 is 22.5 Å². The maximum absolute atomic E-state index is 11.8. The molecule has 3 N–H and O–H groups in total. The second kappa shape index (κ2) is 5.00. The van der Waals surface area contributed by atoms with Crippen LogP contribution >= 0.6 is 0 Å². The molecule has 0 unspecified atom stereocenters. The Kier molecular flexibility index (Phi) is 3.41. The van der Waals surface area contributed by atoms with Gasteiger partial charge in [0.2, 0.25) is 0 Å². The van der Waals surface area contributed by atoms with Crippen molar-refractivity contribution in [3.05, 3.63) is 29.5 Å². The molecule has 5 nitrogen and oxygen atoms in total. The maximum atomic E-state index is 11.8. The number of carbonyl (C=O) groups excluding carboxylic acids is 1. The molecule has 1 amide bonds. The fourth-order valence-corrected chi connectivity index (χ4v) is 1.73. The molecule has 94 valence electrons. The Bertz CT molecular complexity index is 595. The normalized spacial score (nSPS) is 10.6. The molecular formula is C13H16N4O. The second-order valence-electron chi connectivity index (χ2n) is 4.24. The summed E-state index contributed by atoms with van der Waals surface area (Å²) in [5, 5.41) is 11.5. The number of hydrogen-bond acceptors (Lipinski definition) is 4. The summed E-state index contributed by atoms with van der Waals surface area (Å²) in [6.45, 7) is 4.56. The Labute approximate surface area is 105 Å². The number of amides is 1. The van der Waals surface area contributed by atoms with E-state index in [2.05, 4.69) is 15.5 Å². The minimum Gasteiger partial charge on any atom is -0.396 e. The molecule has 1 aromatic carbocycles. The summed E-state index contributed by atoms with van der Waals surface area (Å²) in [5.74, 6) is -0.274. The third kappa shape index (κ3) is 2.25. The zero-order valence-electron chi connectivity index (χ0n) is 10.5. The van der Waals surface area contributed by atoms with E-state index in [0.29, 0.717) is 17.7 Å². The molecule has 2 aromatic rings. The van der Waals surface area contributed by atoms with E-state index in [-0.39, 0.29) is 11.6 Å². The van der Waals surface area contributed by atoms with Crippen LogP contribution in [0.2, 0.25) is 0 Å². The van der Waals surface area contributed by atoms with Crippen LogP contribution in [0.3, 0.4) is 0 Å². The van der Waals surface area contributed by atoms with E-state index in [1.54, 1.807) is 0 Å². The molecule has 1 aromatic heterocycles. The lowest BCUT2D eigenvalue weighted by atomic mass is 10.1. The molecule has 0 bridgehead atoms. The van der Waals surface area contributed by atoms with Gasteiger partial charge in [0.15, 0.2) is 5.69 Å². The minimum atomic E-state index is -0.274. The summed E-state index contributed by atoms with van der Waals surface area (Å²) in [7, 11) is 0. The van der Waals surface area contributed by atoms with Gasteiger partial charge in [0.1, 0.15) is 0 Å². The van der Waals surface area contributed by atoms with Crippen LogP contribution in [0.25, 0.3) is 10.9 Å². The Balaban J connectivity index is 2.45. The number of carbonyl (C=O) groups is 1. The van der Waals surface area contributed by atoms with Crippen molar-refractivity contribution < 1.29 is 4.79 Å². The number of anilines is 1. The van der Waals surface area contributed by atoms with Gasteiger partial charge in [-0.25, -0.2) is 0 Å². The predicted molar refractivity (Wildman–Crippen MR) is 71.3 cm³/mol. The lowest BCUT2D eigenvalue weighted by Crippen LogP contribution is -2.26. The van der Waals surface area contributed by atoms with Gasteiger partial charge in [0.25, 0.3) is 5.91 Å². The molecule has 0 spiro atoms. The van der Waals surface area contributed by atoms with Gasteiger partial charge in [-0.3, -0.25) is 4.79 Å². The lowest BCUT2D eigenvalue weighted by molar-refractivity contribution is 0.0949. The summed E-state index contributed by atoms with van der Waals surface area (Å²) >= 11 is 0. The van der Waals surface area contributed by atoms with E-state index in [9.17, 15) is 4.79 Å². The van der Waals surface area contributed by atoms with Gasteiger partial charge in [0, 0.05) is 11.9 Å². The lowest BCUT2D eigenvalue weighted by Gasteiger charge is -2.07. The number of nitrogens with zero attached hydrogens (tertiary/aromatic N) is 2. The highest BCUT2D eigenvalue weighted by Gasteiger charge is 2.14. The molecule has 5 heteroatoms. The smallest absolute Gasteiger partial charge is 0.273 e. The first-order valence-corrected chi connectivity index (χ1v) is 5.94. The van der Waals surface area contributed by atoms with Crippen LogP contribution in [0.5, 0.6) is 0 Å². The predicted octanol–water partition coefficient (Wildman–Crippen LogP) is 1.66. The van der Waals surface area contributed by atoms with E-state index in [4.69, 9.17) is 5.73 Å². The summed E-state index contributed by atoms with van der Waals surface area (Å²) < 4.78 is 0. The Morgan fingerprint density at radius 1 is 1.39 bits per heavy atom. The number of fused-ring (bicyclic) bond motifs is 1. The van der Waals surface area contributed by atoms with Crippen LogP contribution in [0.4, 0.5) is 5.69 Å². The Hall–Kier alpha value is -2.17. The molecule has 2 rings (SSSR count). The SMILES string of the molecule is CCCNC(=O)c1nnc2cc(C)ccc2c1N. The van der Waals surface area contributed by atoms with Crippen molar-refractivity contribution in [1.82, 2.24) is 15.5 Å². The molecule has 0 saturated heterocycles. The van der Waals surface area contributed by atoms with Crippen LogP contribution in [0.1, 0.15) is 29.4 Å². The molecular weight excluding hydrogens is 228 g/mol. The highest BCUT2D eigenvalue weighted by Crippen LogP contribution is 2.21. The molecule has 0 fully saturated rings. The Morgan fingerprint density at radius 2 is 2.17 bits per heavy atom. The number of nitrogens with one attached hydrogen (secondary N) is 1. The number of rotatable bonds is 3. The van der Waals surface area contributed by atoms with Crippen molar-refractivity contribution in [1.29, 1.82) is 0 Å². The second-order valence-corrected chi connectivity index (χ2v) is 4.24. The highest BCUT2D eigenvalue weighted by atomic mass is 16.1. The molecule has 0 atom stereocenters. The van der Waals surface area contributed by atoms with Crippen LogP contribution < -0.4 is 11.1 Å². The first kappa shape index (κ1) is 12.3. The molecule has 0 aliphatic heterocycles. The third-order valence-electron chi connectivity index (χ3n) is 2.71. The molecule has 0 radical (unpaired) electrons. The first-order valence-electron chi connectivity index (χ1n) is 5.94. The summed E-state index contributed by atoms with van der Waals surface area (Å²) in [6.07, 6.45) is 0.867. The van der Waals surface area contributed by atoms with Gasteiger partial charge in [-0.05, 0) is 25.0 Å². The fourth-order valence-electron chi connectivity index (χ4n) is 1.73. The van der Waals surface area contributed by atoms with Gasteiger partial charge in [-0.15, -0.1) is 10.2 Å². The number of aryl methyl sites for hydroxylation is 1. The van der Waals surface area contributed by atoms with Crippen LogP contribution in [0.15, 0.2) is 18.2 Å². The Morgan fingerprint density at radius 3 is 2.89 bits per heavy atom.